The van der Waals surface area contributed by atoms with Gasteiger partial charge in [0.2, 0.25) is 10.0 Å². The molecule has 0 radical (unpaired) electrons. The standard InChI is InChI=1S/C11H15NO2S/c1-2-12-15(13,14)11-5-3-4-10(8-11)9-6-7-9/h3-5,8-9,12H,2,6-7H2,1H3. The molecule has 0 atom stereocenters. The fraction of sp³-hybridized carbons (Fsp3) is 0.455. The van der Waals surface area contributed by atoms with Gasteiger partial charge in [0.25, 0.3) is 0 Å². The van der Waals surface area contributed by atoms with E-state index in [2.05, 4.69) is 4.72 Å². The van der Waals surface area contributed by atoms with Crippen molar-refractivity contribution in [3.05, 3.63) is 29.8 Å². The molecule has 0 aliphatic heterocycles. The summed E-state index contributed by atoms with van der Waals surface area (Å²) < 4.78 is 25.9. The first kappa shape index (κ1) is 10.6. The highest BCUT2D eigenvalue weighted by atomic mass is 32.2. The molecule has 0 heterocycles. The first-order valence-electron chi connectivity index (χ1n) is 5.23. The number of sulfonamides is 1. The highest BCUT2D eigenvalue weighted by Crippen LogP contribution is 2.40. The molecule has 1 aromatic carbocycles. The van der Waals surface area contributed by atoms with Gasteiger partial charge in [-0.25, -0.2) is 13.1 Å². The van der Waals surface area contributed by atoms with Crippen LogP contribution in [0.1, 0.15) is 31.2 Å². The molecule has 0 aromatic heterocycles. The lowest BCUT2D eigenvalue weighted by atomic mass is 10.1. The molecule has 4 heteroatoms. The van der Waals surface area contributed by atoms with E-state index >= 15 is 0 Å². The molecule has 1 aromatic rings. The zero-order valence-corrected chi connectivity index (χ0v) is 9.55. The van der Waals surface area contributed by atoms with Gasteiger partial charge in [0, 0.05) is 6.54 Å². The molecule has 3 nitrogen and oxygen atoms in total. The minimum Gasteiger partial charge on any atom is -0.211 e. The predicted molar refractivity (Wildman–Crippen MR) is 59.3 cm³/mol. The van der Waals surface area contributed by atoms with Crippen molar-refractivity contribution in [2.45, 2.75) is 30.6 Å². The van der Waals surface area contributed by atoms with Crippen LogP contribution in [0.3, 0.4) is 0 Å². The quantitative estimate of drug-likeness (QED) is 0.850. The Bertz CT molecular complexity index is 449. The van der Waals surface area contributed by atoms with E-state index in [1.165, 1.54) is 12.8 Å². The molecule has 2 rings (SSSR count). The zero-order valence-electron chi connectivity index (χ0n) is 8.73. The molecule has 1 aliphatic rings. The van der Waals surface area contributed by atoms with Crippen LogP contribution in [-0.4, -0.2) is 15.0 Å². The summed E-state index contributed by atoms with van der Waals surface area (Å²) in [4.78, 5) is 0.383. The second kappa shape index (κ2) is 3.94. The van der Waals surface area contributed by atoms with Crippen molar-refractivity contribution >= 4 is 10.0 Å². The minimum absolute atomic E-state index is 0.383. The number of rotatable bonds is 4. The van der Waals surface area contributed by atoms with E-state index in [1.54, 1.807) is 19.1 Å². The lowest BCUT2D eigenvalue weighted by Gasteiger charge is -2.06. The Balaban J connectivity index is 2.31. The number of hydrogen-bond acceptors (Lipinski definition) is 2. The summed E-state index contributed by atoms with van der Waals surface area (Å²) in [6, 6.07) is 7.25. The van der Waals surface area contributed by atoms with Gasteiger partial charge in [-0.3, -0.25) is 0 Å². The third-order valence-electron chi connectivity index (χ3n) is 2.55. The smallest absolute Gasteiger partial charge is 0.211 e. The van der Waals surface area contributed by atoms with Crippen LogP contribution >= 0.6 is 0 Å². The summed E-state index contributed by atoms with van der Waals surface area (Å²) in [7, 11) is -3.29. The molecule has 0 bridgehead atoms. The van der Waals surface area contributed by atoms with Crippen LogP contribution in [0.15, 0.2) is 29.2 Å². The average molecular weight is 225 g/mol. The van der Waals surface area contributed by atoms with Crippen molar-refractivity contribution in [3.63, 3.8) is 0 Å². The molecule has 0 saturated heterocycles. The molecule has 82 valence electrons. The second-order valence-corrected chi connectivity index (χ2v) is 5.62. The van der Waals surface area contributed by atoms with E-state index in [4.69, 9.17) is 0 Å². The maximum atomic E-state index is 11.7. The van der Waals surface area contributed by atoms with Gasteiger partial charge >= 0.3 is 0 Å². The summed E-state index contributed by atoms with van der Waals surface area (Å²) in [6.07, 6.45) is 2.37. The van der Waals surface area contributed by atoms with E-state index < -0.39 is 10.0 Å². The van der Waals surface area contributed by atoms with Crippen LogP contribution in [0.2, 0.25) is 0 Å². The Morgan fingerprint density at radius 2 is 2.13 bits per heavy atom. The summed E-state index contributed by atoms with van der Waals surface area (Å²) in [6.45, 7) is 2.21. The molecule has 0 amide bonds. The van der Waals surface area contributed by atoms with Gasteiger partial charge in [-0.1, -0.05) is 19.1 Å². The Hall–Kier alpha value is -0.870. The van der Waals surface area contributed by atoms with Gasteiger partial charge in [-0.15, -0.1) is 0 Å². The largest absolute Gasteiger partial charge is 0.240 e. The maximum absolute atomic E-state index is 11.7. The average Bonchev–Trinajstić information content (AvgIpc) is 3.01. The van der Waals surface area contributed by atoms with E-state index in [-0.39, 0.29) is 0 Å². The van der Waals surface area contributed by atoms with Crippen molar-refractivity contribution in [2.24, 2.45) is 0 Å². The van der Waals surface area contributed by atoms with Crippen LogP contribution in [0.4, 0.5) is 0 Å². The lowest BCUT2D eigenvalue weighted by Crippen LogP contribution is -2.23. The molecule has 1 fully saturated rings. The van der Waals surface area contributed by atoms with E-state index in [0.29, 0.717) is 17.4 Å². The van der Waals surface area contributed by atoms with Gasteiger partial charge < -0.3 is 0 Å². The van der Waals surface area contributed by atoms with Crippen molar-refractivity contribution in [2.75, 3.05) is 6.54 Å². The van der Waals surface area contributed by atoms with E-state index in [1.807, 2.05) is 12.1 Å². The van der Waals surface area contributed by atoms with Gasteiger partial charge in [-0.05, 0) is 36.5 Å². The van der Waals surface area contributed by atoms with E-state index in [9.17, 15) is 8.42 Å². The van der Waals surface area contributed by atoms with Crippen molar-refractivity contribution in [1.29, 1.82) is 0 Å². The topological polar surface area (TPSA) is 46.2 Å². The van der Waals surface area contributed by atoms with Crippen LogP contribution in [0, 0.1) is 0 Å². The first-order chi connectivity index (χ1) is 7.13. The molecule has 0 spiro atoms. The van der Waals surface area contributed by atoms with E-state index in [0.717, 1.165) is 5.56 Å². The Morgan fingerprint density at radius 3 is 2.73 bits per heavy atom. The molecule has 1 aliphatic carbocycles. The Morgan fingerprint density at radius 1 is 1.40 bits per heavy atom. The van der Waals surface area contributed by atoms with Gasteiger partial charge in [-0.2, -0.15) is 0 Å². The fourth-order valence-corrected chi connectivity index (χ4v) is 2.72. The first-order valence-corrected chi connectivity index (χ1v) is 6.71. The molecule has 15 heavy (non-hydrogen) atoms. The van der Waals surface area contributed by atoms with Gasteiger partial charge in [0.05, 0.1) is 4.90 Å². The summed E-state index contributed by atoms with van der Waals surface area (Å²) in [5.74, 6) is 0.585. The Labute approximate surface area is 90.6 Å². The van der Waals surface area contributed by atoms with Crippen LogP contribution < -0.4 is 4.72 Å². The number of nitrogens with one attached hydrogen (secondary N) is 1. The Kier molecular flexibility index (Phi) is 2.80. The predicted octanol–water partition coefficient (Wildman–Crippen LogP) is 1.86. The number of benzene rings is 1. The molecule has 0 unspecified atom stereocenters. The summed E-state index contributed by atoms with van der Waals surface area (Å²) in [5.41, 5.74) is 1.15. The third kappa shape index (κ3) is 2.38. The second-order valence-electron chi connectivity index (χ2n) is 3.85. The lowest BCUT2D eigenvalue weighted by molar-refractivity contribution is 0.584. The monoisotopic (exact) mass is 225 g/mol. The van der Waals surface area contributed by atoms with Crippen LogP contribution in [0.25, 0.3) is 0 Å². The number of hydrogen-bond donors (Lipinski definition) is 1. The molecular formula is C11H15NO2S. The SMILES string of the molecule is CCNS(=O)(=O)c1cccc(C2CC2)c1. The van der Waals surface area contributed by atoms with Crippen LogP contribution in [0.5, 0.6) is 0 Å². The van der Waals surface area contributed by atoms with Gasteiger partial charge in [0.15, 0.2) is 0 Å². The van der Waals surface area contributed by atoms with Gasteiger partial charge in [0.1, 0.15) is 0 Å². The van der Waals surface area contributed by atoms with Crippen molar-refractivity contribution in [3.8, 4) is 0 Å². The normalized spacial score (nSPS) is 16.6. The minimum atomic E-state index is -3.29. The molecule has 1 saturated carbocycles. The maximum Gasteiger partial charge on any atom is 0.240 e. The highest BCUT2D eigenvalue weighted by Gasteiger charge is 2.24. The highest BCUT2D eigenvalue weighted by molar-refractivity contribution is 7.89. The van der Waals surface area contributed by atoms with Crippen LogP contribution in [-0.2, 0) is 10.0 Å². The molecular weight excluding hydrogens is 210 g/mol. The molecule has 1 N–H and O–H groups in total. The third-order valence-corrected chi connectivity index (χ3v) is 4.09. The van der Waals surface area contributed by atoms with Crippen molar-refractivity contribution < 1.29 is 8.42 Å². The summed E-state index contributed by atoms with van der Waals surface area (Å²) in [5, 5.41) is 0. The fourth-order valence-electron chi connectivity index (χ4n) is 1.63. The van der Waals surface area contributed by atoms with Crippen molar-refractivity contribution in [1.82, 2.24) is 4.72 Å². The zero-order chi connectivity index (χ0) is 10.9. The summed E-state index contributed by atoms with van der Waals surface area (Å²) >= 11 is 0.